The first-order chi connectivity index (χ1) is 12.0. The van der Waals surface area contributed by atoms with Crippen molar-refractivity contribution in [2.45, 2.75) is 39.0 Å². The Morgan fingerprint density at radius 1 is 1.20 bits per heavy atom. The molecule has 2 aromatic carbocycles. The van der Waals surface area contributed by atoms with Gasteiger partial charge in [0.05, 0.1) is 12.2 Å². The molecule has 1 aliphatic rings. The average molecular weight is 339 g/mol. The zero-order valence-electron chi connectivity index (χ0n) is 14.3. The molecule has 3 rings (SSSR count). The van der Waals surface area contributed by atoms with Gasteiger partial charge >= 0.3 is 5.97 Å². The lowest BCUT2D eigenvalue weighted by molar-refractivity contribution is -0.126. The third-order valence-electron chi connectivity index (χ3n) is 4.45. The highest BCUT2D eigenvalue weighted by atomic mass is 16.5. The van der Waals surface area contributed by atoms with Gasteiger partial charge in [-0.05, 0) is 49.6 Å². The van der Waals surface area contributed by atoms with Crippen molar-refractivity contribution in [2.24, 2.45) is 0 Å². The van der Waals surface area contributed by atoms with Gasteiger partial charge in [-0.1, -0.05) is 30.3 Å². The number of hydrogen-bond donors (Lipinski definition) is 1. The van der Waals surface area contributed by atoms with E-state index in [2.05, 4.69) is 0 Å². The minimum atomic E-state index is -0.876. The summed E-state index contributed by atoms with van der Waals surface area (Å²) in [5.74, 6) is -0.775. The van der Waals surface area contributed by atoms with Crippen LogP contribution in [0.15, 0.2) is 48.5 Å². The smallest absolute Gasteiger partial charge is 0.338 e. The summed E-state index contributed by atoms with van der Waals surface area (Å²) in [6.07, 6.45) is -0.0794. The van der Waals surface area contributed by atoms with Crippen LogP contribution in [-0.4, -0.2) is 29.1 Å². The molecule has 0 fully saturated rings. The third kappa shape index (κ3) is 3.42. The maximum Gasteiger partial charge on any atom is 0.338 e. The largest absolute Gasteiger partial charge is 0.449 e. The van der Waals surface area contributed by atoms with E-state index >= 15 is 0 Å². The van der Waals surface area contributed by atoms with Crippen molar-refractivity contribution in [3.8, 4) is 0 Å². The highest BCUT2D eigenvalue weighted by molar-refractivity contribution is 6.00. The number of aliphatic hydroxyl groups is 1. The van der Waals surface area contributed by atoms with Gasteiger partial charge in [-0.25, -0.2) is 4.79 Å². The van der Waals surface area contributed by atoms with Crippen LogP contribution in [0.3, 0.4) is 0 Å². The van der Waals surface area contributed by atoms with Gasteiger partial charge in [-0.2, -0.15) is 0 Å². The van der Waals surface area contributed by atoms with Gasteiger partial charge in [0.15, 0.2) is 6.10 Å². The van der Waals surface area contributed by atoms with Crippen molar-refractivity contribution < 1.29 is 19.4 Å². The van der Waals surface area contributed by atoms with Crippen molar-refractivity contribution in [3.63, 3.8) is 0 Å². The van der Waals surface area contributed by atoms with Crippen LogP contribution in [0, 0.1) is 0 Å². The molecule has 0 aromatic heterocycles. The van der Waals surface area contributed by atoms with Crippen LogP contribution in [0.4, 0.5) is 5.69 Å². The molecule has 1 N–H and O–H groups in total. The summed E-state index contributed by atoms with van der Waals surface area (Å²) in [4.78, 5) is 26.8. The zero-order valence-corrected chi connectivity index (χ0v) is 14.3. The number of esters is 1. The van der Waals surface area contributed by atoms with Crippen molar-refractivity contribution in [2.75, 3.05) is 4.90 Å². The molecular formula is C20H21NO4. The number of hydrogen-bond acceptors (Lipinski definition) is 4. The monoisotopic (exact) mass is 339 g/mol. The maximum absolute atomic E-state index is 12.8. The van der Waals surface area contributed by atoms with Gasteiger partial charge in [0.2, 0.25) is 0 Å². The quantitative estimate of drug-likeness (QED) is 0.870. The van der Waals surface area contributed by atoms with Crippen LogP contribution in [0.1, 0.15) is 35.3 Å². The van der Waals surface area contributed by atoms with Gasteiger partial charge < -0.3 is 14.7 Å². The minimum Gasteiger partial charge on any atom is -0.449 e. The zero-order chi connectivity index (χ0) is 18.0. The molecule has 25 heavy (non-hydrogen) atoms. The second-order valence-corrected chi connectivity index (χ2v) is 6.29. The van der Waals surface area contributed by atoms with E-state index in [1.165, 1.54) is 0 Å². The number of carbonyl (C=O) groups is 2. The summed E-state index contributed by atoms with van der Waals surface area (Å²) in [7, 11) is 0. The van der Waals surface area contributed by atoms with E-state index in [0.717, 1.165) is 17.7 Å². The molecule has 130 valence electrons. The molecule has 0 bridgehead atoms. The molecule has 0 saturated carbocycles. The first-order valence-corrected chi connectivity index (χ1v) is 8.33. The Kier molecular flexibility index (Phi) is 4.86. The summed E-state index contributed by atoms with van der Waals surface area (Å²) in [5.41, 5.74) is 3.08. The van der Waals surface area contributed by atoms with Gasteiger partial charge in [-0.15, -0.1) is 0 Å². The lowest BCUT2D eigenvalue weighted by Gasteiger charge is -2.25. The number of para-hydroxylation sites is 1. The summed E-state index contributed by atoms with van der Waals surface area (Å²) in [5, 5.41) is 9.05. The topological polar surface area (TPSA) is 66.8 Å². The lowest BCUT2D eigenvalue weighted by atomic mass is 10.1. The van der Waals surface area contributed by atoms with Crippen LogP contribution in [0.2, 0.25) is 0 Å². The van der Waals surface area contributed by atoms with E-state index in [9.17, 15) is 9.59 Å². The molecule has 5 heteroatoms. The molecule has 0 radical (unpaired) electrons. The minimum absolute atomic E-state index is 0.0369. The summed E-state index contributed by atoms with van der Waals surface area (Å²) in [6.45, 7) is 3.49. The second-order valence-electron chi connectivity index (χ2n) is 6.29. The van der Waals surface area contributed by atoms with Crippen LogP contribution < -0.4 is 4.90 Å². The van der Waals surface area contributed by atoms with Gasteiger partial charge in [-0.3, -0.25) is 4.79 Å². The molecule has 0 unspecified atom stereocenters. The number of rotatable bonds is 4. The molecule has 0 spiro atoms. The first kappa shape index (κ1) is 17.2. The van der Waals surface area contributed by atoms with Crippen molar-refractivity contribution >= 4 is 17.6 Å². The Hall–Kier alpha value is -2.66. The number of aliphatic hydroxyl groups excluding tert-OH is 1. The van der Waals surface area contributed by atoms with Gasteiger partial charge in [0.25, 0.3) is 5.91 Å². The lowest BCUT2D eigenvalue weighted by Crippen LogP contribution is -2.43. The summed E-state index contributed by atoms with van der Waals surface area (Å²) < 4.78 is 5.35. The van der Waals surface area contributed by atoms with Gasteiger partial charge in [0, 0.05) is 11.7 Å². The molecule has 1 heterocycles. The Morgan fingerprint density at radius 2 is 1.88 bits per heavy atom. The predicted molar refractivity (Wildman–Crippen MR) is 94.3 cm³/mol. The molecule has 0 saturated heterocycles. The second kappa shape index (κ2) is 7.07. The fraction of sp³-hybridized carbons (Fsp3) is 0.300. The number of amides is 1. The molecule has 1 amide bonds. The Balaban J connectivity index is 1.71. The standard InChI is InChI=1S/C20H21NO4/c1-13-11-17-5-3-4-6-18(17)21(13)19(23)14(2)25-20(24)16-9-7-15(12-22)8-10-16/h3-10,13-14,22H,11-12H2,1-2H3/t13-,14+/m0/s1. The van der Waals surface area contributed by atoms with E-state index in [1.807, 2.05) is 31.2 Å². The van der Waals surface area contributed by atoms with E-state index < -0.39 is 12.1 Å². The first-order valence-electron chi connectivity index (χ1n) is 8.33. The summed E-state index contributed by atoms with van der Waals surface area (Å²) >= 11 is 0. The maximum atomic E-state index is 12.8. The van der Waals surface area contributed by atoms with Crippen molar-refractivity contribution in [3.05, 3.63) is 65.2 Å². The van der Waals surface area contributed by atoms with E-state index in [1.54, 1.807) is 36.1 Å². The average Bonchev–Trinajstić information content (AvgIpc) is 2.96. The number of nitrogens with zero attached hydrogens (tertiary/aromatic N) is 1. The number of ether oxygens (including phenoxy) is 1. The Bertz CT molecular complexity index is 785. The highest BCUT2D eigenvalue weighted by Gasteiger charge is 2.34. The van der Waals surface area contributed by atoms with E-state index in [4.69, 9.17) is 9.84 Å². The third-order valence-corrected chi connectivity index (χ3v) is 4.45. The Morgan fingerprint density at radius 3 is 2.56 bits per heavy atom. The predicted octanol–water partition coefficient (Wildman–Crippen LogP) is 2.70. The molecular weight excluding hydrogens is 318 g/mol. The molecule has 5 nitrogen and oxygen atoms in total. The number of benzene rings is 2. The van der Waals surface area contributed by atoms with E-state index in [-0.39, 0.29) is 18.6 Å². The normalized spacial score (nSPS) is 17.1. The van der Waals surface area contributed by atoms with Crippen molar-refractivity contribution in [1.29, 1.82) is 0 Å². The van der Waals surface area contributed by atoms with Crippen molar-refractivity contribution in [1.82, 2.24) is 0 Å². The SMILES string of the molecule is C[C@@H](OC(=O)c1ccc(CO)cc1)C(=O)N1c2ccccc2C[C@@H]1C. The number of fused-ring (bicyclic) bond motifs is 1. The fourth-order valence-electron chi connectivity index (χ4n) is 3.12. The molecule has 0 aliphatic carbocycles. The van der Waals surface area contributed by atoms with Gasteiger partial charge in [0.1, 0.15) is 0 Å². The molecule has 1 aliphatic heterocycles. The summed E-state index contributed by atoms with van der Waals surface area (Å²) in [6, 6.07) is 14.3. The van der Waals surface area contributed by atoms with Crippen LogP contribution >= 0.6 is 0 Å². The fourth-order valence-corrected chi connectivity index (χ4v) is 3.12. The molecule has 2 aromatic rings. The van der Waals surface area contributed by atoms with E-state index in [0.29, 0.717) is 11.1 Å². The van der Waals surface area contributed by atoms with Crippen LogP contribution in [-0.2, 0) is 22.6 Å². The number of anilines is 1. The molecule has 2 atom stereocenters. The number of carbonyl (C=O) groups excluding carboxylic acids is 2. The van der Waals surface area contributed by atoms with Crippen LogP contribution in [0.5, 0.6) is 0 Å². The van der Waals surface area contributed by atoms with Crippen LogP contribution in [0.25, 0.3) is 0 Å². The Labute approximate surface area is 146 Å². The highest BCUT2D eigenvalue weighted by Crippen LogP contribution is 2.32.